The molecule has 0 N–H and O–H groups in total. The van der Waals surface area contributed by atoms with Crippen molar-refractivity contribution in [3.8, 4) is 5.75 Å². The van der Waals surface area contributed by atoms with Crippen molar-refractivity contribution >= 4 is 22.1 Å². The first-order valence-electron chi connectivity index (χ1n) is 2.42. The van der Waals surface area contributed by atoms with Crippen LogP contribution >= 0.6 is 11.6 Å². The minimum atomic E-state index is 0.604. The van der Waals surface area contributed by atoms with Gasteiger partial charge in [-0.3, -0.25) is 0 Å². The van der Waals surface area contributed by atoms with Gasteiger partial charge in [-0.05, 0) is 12.1 Å². The third kappa shape index (κ3) is 1.47. The quantitative estimate of drug-likeness (QED) is 0.562. The van der Waals surface area contributed by atoms with E-state index in [2.05, 4.69) is 10.5 Å². The SMILES string of the molecule is [Si]Oc1ccccc1Cl. The molecule has 0 heterocycles. The fraction of sp³-hybridized carbons (Fsp3) is 0. The third-order valence-corrected chi connectivity index (χ3v) is 1.48. The molecule has 0 unspecified atom stereocenters. The molecule has 0 spiro atoms. The van der Waals surface area contributed by atoms with Crippen molar-refractivity contribution in [3.05, 3.63) is 29.3 Å². The molecule has 45 valence electrons. The summed E-state index contributed by atoms with van der Waals surface area (Å²) in [6.07, 6.45) is 0. The van der Waals surface area contributed by atoms with Gasteiger partial charge in [0.05, 0.1) is 5.02 Å². The summed E-state index contributed by atoms with van der Waals surface area (Å²) in [5, 5.41) is 0.604. The summed E-state index contributed by atoms with van der Waals surface area (Å²) in [4.78, 5) is 0. The second-order valence-electron chi connectivity index (χ2n) is 1.53. The van der Waals surface area contributed by atoms with E-state index in [1.165, 1.54) is 0 Å². The van der Waals surface area contributed by atoms with Crippen LogP contribution in [0.1, 0.15) is 0 Å². The van der Waals surface area contributed by atoms with E-state index in [0.29, 0.717) is 10.8 Å². The van der Waals surface area contributed by atoms with Gasteiger partial charge in [0.2, 0.25) is 0 Å². The summed E-state index contributed by atoms with van der Waals surface area (Å²) in [6, 6.07) is 7.23. The van der Waals surface area contributed by atoms with Crippen LogP contribution in [0.15, 0.2) is 24.3 Å². The summed E-state index contributed by atoms with van der Waals surface area (Å²) < 4.78 is 4.72. The highest BCUT2D eigenvalue weighted by molar-refractivity contribution is 6.32. The van der Waals surface area contributed by atoms with Gasteiger partial charge in [-0.15, -0.1) is 0 Å². The zero-order valence-electron chi connectivity index (χ0n) is 4.60. The first-order chi connectivity index (χ1) is 4.34. The molecule has 0 saturated heterocycles. The van der Waals surface area contributed by atoms with E-state index in [-0.39, 0.29) is 0 Å². The molecule has 0 saturated carbocycles. The zero-order valence-corrected chi connectivity index (χ0v) is 6.35. The van der Waals surface area contributed by atoms with E-state index in [0.717, 1.165) is 0 Å². The van der Waals surface area contributed by atoms with Gasteiger partial charge >= 0.3 is 10.5 Å². The first kappa shape index (κ1) is 6.64. The van der Waals surface area contributed by atoms with Crippen LogP contribution in [0.2, 0.25) is 5.02 Å². The Morgan fingerprint density at radius 2 is 2.00 bits per heavy atom. The second kappa shape index (κ2) is 2.89. The average molecular weight is 156 g/mol. The minimum absolute atomic E-state index is 0.604. The molecule has 0 aromatic heterocycles. The maximum atomic E-state index is 5.67. The number of hydrogen-bond donors (Lipinski definition) is 0. The molecule has 0 fully saturated rings. The highest BCUT2D eigenvalue weighted by Crippen LogP contribution is 2.21. The van der Waals surface area contributed by atoms with Crippen LogP contribution < -0.4 is 4.43 Å². The van der Waals surface area contributed by atoms with Crippen LogP contribution in [0.3, 0.4) is 0 Å². The monoisotopic (exact) mass is 155 g/mol. The highest BCUT2D eigenvalue weighted by atomic mass is 35.5. The Balaban J connectivity index is 3.01. The molecule has 0 bridgehead atoms. The number of rotatable bonds is 1. The lowest BCUT2D eigenvalue weighted by Crippen LogP contribution is -1.84. The van der Waals surface area contributed by atoms with Crippen molar-refractivity contribution in [2.24, 2.45) is 0 Å². The maximum absolute atomic E-state index is 5.67. The van der Waals surface area contributed by atoms with Gasteiger partial charge < -0.3 is 4.43 Å². The van der Waals surface area contributed by atoms with Crippen molar-refractivity contribution in [1.29, 1.82) is 0 Å². The Bertz CT molecular complexity index is 202. The summed E-state index contributed by atoms with van der Waals surface area (Å²) in [7, 11) is 2.87. The summed E-state index contributed by atoms with van der Waals surface area (Å²) in [5.74, 6) is 0.635. The van der Waals surface area contributed by atoms with Gasteiger partial charge in [-0.2, -0.15) is 0 Å². The fourth-order valence-electron chi connectivity index (χ4n) is 0.528. The lowest BCUT2D eigenvalue weighted by molar-refractivity contribution is 0.616. The summed E-state index contributed by atoms with van der Waals surface area (Å²) in [6.45, 7) is 0. The van der Waals surface area contributed by atoms with E-state index in [4.69, 9.17) is 16.0 Å². The average Bonchev–Trinajstić information content (AvgIpc) is 1.89. The van der Waals surface area contributed by atoms with Crippen LogP contribution in [0, 0.1) is 0 Å². The zero-order chi connectivity index (χ0) is 6.69. The highest BCUT2D eigenvalue weighted by Gasteiger charge is 1.93. The number of para-hydroxylation sites is 1. The largest absolute Gasteiger partial charge is 0.539 e. The molecule has 0 atom stereocenters. The number of benzene rings is 1. The molecule has 9 heavy (non-hydrogen) atoms. The first-order valence-corrected chi connectivity index (χ1v) is 3.21. The van der Waals surface area contributed by atoms with Crippen molar-refractivity contribution in [1.82, 2.24) is 0 Å². The molecule has 3 heteroatoms. The Morgan fingerprint density at radius 3 is 2.44 bits per heavy atom. The van der Waals surface area contributed by atoms with Crippen molar-refractivity contribution in [2.75, 3.05) is 0 Å². The molecule has 3 radical (unpaired) electrons. The van der Waals surface area contributed by atoms with Crippen molar-refractivity contribution in [3.63, 3.8) is 0 Å². The van der Waals surface area contributed by atoms with Crippen LogP contribution in [-0.4, -0.2) is 10.5 Å². The summed E-state index contributed by atoms with van der Waals surface area (Å²) >= 11 is 5.67. The topological polar surface area (TPSA) is 9.23 Å². The Hall–Kier alpha value is -0.473. The Labute approximate surface area is 62.1 Å². The molecule has 0 aliphatic carbocycles. The molecule has 0 amide bonds. The minimum Gasteiger partial charge on any atom is -0.539 e. The second-order valence-corrected chi connectivity index (χ2v) is 2.14. The summed E-state index contributed by atoms with van der Waals surface area (Å²) in [5.41, 5.74) is 0. The molecule has 0 aliphatic heterocycles. The fourth-order valence-corrected chi connectivity index (χ4v) is 0.945. The lowest BCUT2D eigenvalue weighted by Gasteiger charge is -1.98. The number of hydrogen-bond acceptors (Lipinski definition) is 1. The Morgan fingerprint density at radius 1 is 1.33 bits per heavy atom. The predicted octanol–water partition coefficient (Wildman–Crippen LogP) is 1.80. The molecule has 1 rings (SSSR count). The van der Waals surface area contributed by atoms with E-state index in [1.807, 2.05) is 12.1 Å². The molecule has 0 aliphatic rings. The van der Waals surface area contributed by atoms with Crippen molar-refractivity contribution < 1.29 is 4.43 Å². The normalized spacial score (nSPS) is 9.11. The maximum Gasteiger partial charge on any atom is 0.341 e. The standard InChI is InChI=1S/C6H4ClOSi/c7-5-3-1-2-4-6(5)8-9/h1-4H. The van der Waals surface area contributed by atoms with Crippen LogP contribution in [0.4, 0.5) is 0 Å². The molecular weight excluding hydrogens is 152 g/mol. The molecule has 1 aromatic rings. The van der Waals surface area contributed by atoms with Gasteiger partial charge in [0.25, 0.3) is 0 Å². The lowest BCUT2D eigenvalue weighted by atomic mass is 10.3. The van der Waals surface area contributed by atoms with Gasteiger partial charge in [-0.1, -0.05) is 23.7 Å². The van der Waals surface area contributed by atoms with Crippen LogP contribution in [0.25, 0.3) is 0 Å². The molecular formula is C6H4ClOSi. The Kier molecular flexibility index (Phi) is 2.14. The van der Waals surface area contributed by atoms with Crippen LogP contribution in [-0.2, 0) is 0 Å². The number of halogens is 1. The van der Waals surface area contributed by atoms with E-state index in [9.17, 15) is 0 Å². The van der Waals surface area contributed by atoms with Gasteiger partial charge in [-0.25, -0.2) is 0 Å². The van der Waals surface area contributed by atoms with Gasteiger partial charge in [0.15, 0.2) is 0 Å². The van der Waals surface area contributed by atoms with Gasteiger partial charge in [0.1, 0.15) is 5.75 Å². The predicted molar refractivity (Wildman–Crippen MR) is 37.8 cm³/mol. The van der Waals surface area contributed by atoms with E-state index >= 15 is 0 Å². The van der Waals surface area contributed by atoms with E-state index in [1.54, 1.807) is 12.1 Å². The van der Waals surface area contributed by atoms with Crippen LogP contribution in [0.5, 0.6) is 5.75 Å². The van der Waals surface area contributed by atoms with Gasteiger partial charge in [0, 0.05) is 0 Å². The molecule has 1 nitrogen and oxygen atoms in total. The smallest absolute Gasteiger partial charge is 0.341 e. The molecule has 1 aromatic carbocycles. The third-order valence-electron chi connectivity index (χ3n) is 0.947. The van der Waals surface area contributed by atoms with E-state index < -0.39 is 0 Å². The van der Waals surface area contributed by atoms with Crippen molar-refractivity contribution in [2.45, 2.75) is 0 Å².